The summed E-state index contributed by atoms with van der Waals surface area (Å²) in [6.07, 6.45) is 12.0. The maximum atomic E-state index is 11.6. The van der Waals surface area contributed by atoms with Crippen molar-refractivity contribution in [3.8, 4) is 11.8 Å². The Labute approximate surface area is 192 Å². The highest BCUT2D eigenvalue weighted by Crippen LogP contribution is 2.67. The zero-order valence-corrected chi connectivity index (χ0v) is 20.2. The van der Waals surface area contributed by atoms with Gasteiger partial charge in [0.15, 0.2) is 0 Å². The molecule has 0 bridgehead atoms. The summed E-state index contributed by atoms with van der Waals surface area (Å²) >= 11 is 1.67. The van der Waals surface area contributed by atoms with E-state index in [0.29, 0.717) is 18.3 Å². The number of allylic oxidation sites excluding steroid dienone is 1. The molecule has 1 heterocycles. The summed E-state index contributed by atoms with van der Waals surface area (Å²) in [5.41, 5.74) is 1.32. The molecule has 0 radical (unpaired) electrons. The summed E-state index contributed by atoms with van der Waals surface area (Å²) in [5, 5.41) is 23.9. The summed E-state index contributed by atoms with van der Waals surface area (Å²) < 4.78 is 0. The average Bonchev–Trinajstić information content (AvgIpc) is 3.35. The molecule has 3 saturated carbocycles. The second kappa shape index (κ2) is 7.75. The van der Waals surface area contributed by atoms with E-state index in [1.165, 1.54) is 25.7 Å². The van der Waals surface area contributed by atoms with Crippen LogP contribution in [0.25, 0.3) is 0 Å². The van der Waals surface area contributed by atoms with E-state index < -0.39 is 5.60 Å². The SMILES string of the molecule is CC(O)(CC#Cc1cccs1)[C@H]1CC[C@H]2[C@@H]3CC=C4C[C@@H](O)CC[C@]4(C)[C@H]3CC[C@]12C. The lowest BCUT2D eigenvalue weighted by Gasteiger charge is -2.58. The monoisotopic (exact) mass is 438 g/mol. The minimum atomic E-state index is -0.727. The highest BCUT2D eigenvalue weighted by Gasteiger charge is 2.61. The molecule has 5 rings (SSSR count). The zero-order valence-electron chi connectivity index (χ0n) is 19.4. The van der Waals surface area contributed by atoms with E-state index in [4.69, 9.17) is 0 Å². The fraction of sp³-hybridized carbons (Fsp3) is 0.714. The summed E-state index contributed by atoms with van der Waals surface area (Å²) in [6.45, 7) is 7.02. The molecule has 1 aromatic heterocycles. The van der Waals surface area contributed by atoms with Crippen LogP contribution in [-0.2, 0) is 0 Å². The van der Waals surface area contributed by atoms with Gasteiger partial charge in [-0.3, -0.25) is 0 Å². The van der Waals surface area contributed by atoms with E-state index in [-0.39, 0.29) is 16.9 Å². The van der Waals surface area contributed by atoms with Gasteiger partial charge in [-0.1, -0.05) is 43.4 Å². The predicted molar refractivity (Wildman–Crippen MR) is 128 cm³/mol. The van der Waals surface area contributed by atoms with Crippen molar-refractivity contribution in [3.63, 3.8) is 0 Å². The summed E-state index contributed by atoms with van der Waals surface area (Å²) in [7, 11) is 0. The number of aliphatic hydroxyl groups is 2. The van der Waals surface area contributed by atoms with E-state index in [1.54, 1.807) is 16.9 Å². The Morgan fingerprint density at radius 2 is 2.00 bits per heavy atom. The van der Waals surface area contributed by atoms with E-state index in [0.717, 1.165) is 42.4 Å². The predicted octanol–water partition coefficient (Wildman–Crippen LogP) is 6.18. The van der Waals surface area contributed by atoms with E-state index >= 15 is 0 Å². The second-order valence-electron chi connectivity index (χ2n) is 11.6. The molecule has 0 aliphatic heterocycles. The molecule has 8 atom stereocenters. The Balaban J connectivity index is 1.36. The highest BCUT2D eigenvalue weighted by molar-refractivity contribution is 7.10. The fourth-order valence-electron chi connectivity index (χ4n) is 8.45. The molecular formula is C28H38O2S. The van der Waals surface area contributed by atoms with E-state index in [1.807, 2.05) is 13.0 Å². The van der Waals surface area contributed by atoms with Crippen molar-refractivity contribution < 1.29 is 10.2 Å². The first-order valence-corrected chi connectivity index (χ1v) is 13.2. The van der Waals surface area contributed by atoms with Crippen LogP contribution in [0.2, 0.25) is 0 Å². The van der Waals surface area contributed by atoms with Crippen LogP contribution >= 0.6 is 11.3 Å². The van der Waals surface area contributed by atoms with Crippen LogP contribution in [0, 0.1) is 46.3 Å². The standard InChI is InChI=1S/C28H38O2S/c1-26-15-12-20(29)18-19(26)8-9-22-23-10-11-25(27(23,2)16-13-24(22)26)28(3,30)14-4-6-21-7-5-17-31-21/h5,7-8,17,20,22-25,29-30H,9-16,18H2,1-3H3/t20-,22-,23-,24-,25-,26-,27-,28?/m0/s1. The highest BCUT2D eigenvalue weighted by atomic mass is 32.1. The maximum Gasteiger partial charge on any atom is 0.0768 e. The summed E-state index contributed by atoms with van der Waals surface area (Å²) in [5.74, 6) is 9.07. The maximum absolute atomic E-state index is 11.6. The minimum absolute atomic E-state index is 0.133. The second-order valence-corrected chi connectivity index (χ2v) is 12.6. The lowest BCUT2D eigenvalue weighted by Crippen LogP contribution is -2.53. The average molecular weight is 439 g/mol. The number of thiophene rings is 1. The molecule has 2 nitrogen and oxygen atoms in total. The molecular weight excluding hydrogens is 400 g/mol. The molecule has 0 saturated heterocycles. The van der Waals surface area contributed by atoms with Gasteiger partial charge < -0.3 is 10.2 Å². The van der Waals surface area contributed by atoms with Gasteiger partial charge >= 0.3 is 0 Å². The first-order valence-electron chi connectivity index (χ1n) is 12.4. The summed E-state index contributed by atoms with van der Waals surface area (Å²) in [4.78, 5) is 1.09. The van der Waals surface area contributed by atoms with Crippen molar-refractivity contribution >= 4 is 11.3 Å². The Kier molecular flexibility index (Phi) is 5.44. The molecule has 1 unspecified atom stereocenters. The van der Waals surface area contributed by atoms with E-state index in [9.17, 15) is 10.2 Å². The third kappa shape index (κ3) is 3.54. The molecule has 4 aliphatic carbocycles. The normalized spacial score (nSPS) is 43.5. The first kappa shape index (κ1) is 21.7. The molecule has 4 aliphatic rings. The molecule has 2 N–H and O–H groups in total. The van der Waals surface area contributed by atoms with Crippen molar-refractivity contribution in [2.24, 2.45) is 34.5 Å². The largest absolute Gasteiger partial charge is 0.393 e. The lowest BCUT2D eigenvalue weighted by molar-refractivity contribution is -0.0997. The Bertz CT molecular complexity index is 903. The zero-order chi connectivity index (χ0) is 21.9. The van der Waals surface area contributed by atoms with Gasteiger partial charge in [0, 0.05) is 6.42 Å². The number of aliphatic hydroxyl groups excluding tert-OH is 1. The molecule has 0 aromatic carbocycles. The van der Waals surface area contributed by atoms with Gasteiger partial charge in [-0.2, -0.15) is 0 Å². The van der Waals surface area contributed by atoms with Crippen LogP contribution in [0.1, 0.15) is 83.4 Å². The third-order valence-electron chi connectivity index (χ3n) is 10.0. The van der Waals surface area contributed by atoms with Crippen LogP contribution in [0.5, 0.6) is 0 Å². The number of hydrogen-bond acceptors (Lipinski definition) is 3. The van der Waals surface area contributed by atoms with Gasteiger partial charge in [-0.15, -0.1) is 11.3 Å². The van der Waals surface area contributed by atoms with Crippen molar-refractivity contribution in [1.82, 2.24) is 0 Å². The molecule has 3 fully saturated rings. The van der Waals surface area contributed by atoms with Gasteiger partial charge in [-0.05, 0) is 104 Å². The van der Waals surface area contributed by atoms with Crippen molar-refractivity contribution in [2.45, 2.75) is 90.3 Å². The van der Waals surface area contributed by atoms with Crippen molar-refractivity contribution in [3.05, 3.63) is 34.0 Å². The van der Waals surface area contributed by atoms with Crippen LogP contribution in [-0.4, -0.2) is 21.9 Å². The van der Waals surface area contributed by atoms with Crippen molar-refractivity contribution in [1.29, 1.82) is 0 Å². The third-order valence-corrected chi connectivity index (χ3v) is 10.8. The van der Waals surface area contributed by atoms with Gasteiger partial charge in [0.05, 0.1) is 16.6 Å². The Morgan fingerprint density at radius 1 is 1.16 bits per heavy atom. The molecule has 1 aromatic rings. The molecule has 31 heavy (non-hydrogen) atoms. The molecule has 3 heteroatoms. The number of rotatable bonds is 2. The first-order chi connectivity index (χ1) is 14.7. The van der Waals surface area contributed by atoms with Gasteiger partial charge in [-0.25, -0.2) is 0 Å². The summed E-state index contributed by atoms with van der Waals surface area (Å²) in [6, 6.07) is 4.09. The topological polar surface area (TPSA) is 40.5 Å². The molecule has 0 spiro atoms. The molecule has 168 valence electrons. The van der Waals surface area contributed by atoms with Crippen LogP contribution in [0.3, 0.4) is 0 Å². The smallest absolute Gasteiger partial charge is 0.0768 e. The quantitative estimate of drug-likeness (QED) is 0.427. The minimum Gasteiger partial charge on any atom is -0.393 e. The van der Waals surface area contributed by atoms with Gasteiger partial charge in [0.1, 0.15) is 0 Å². The van der Waals surface area contributed by atoms with Crippen LogP contribution in [0.4, 0.5) is 0 Å². The molecule has 0 amide bonds. The van der Waals surface area contributed by atoms with Crippen LogP contribution in [0.15, 0.2) is 29.2 Å². The lowest BCUT2D eigenvalue weighted by atomic mass is 9.46. The van der Waals surface area contributed by atoms with E-state index in [2.05, 4.69) is 43.2 Å². The fourth-order valence-corrected chi connectivity index (χ4v) is 9.04. The Morgan fingerprint density at radius 3 is 2.77 bits per heavy atom. The van der Waals surface area contributed by atoms with Gasteiger partial charge in [0.25, 0.3) is 0 Å². The van der Waals surface area contributed by atoms with Crippen LogP contribution < -0.4 is 0 Å². The van der Waals surface area contributed by atoms with Gasteiger partial charge in [0.2, 0.25) is 0 Å². The van der Waals surface area contributed by atoms with Crippen molar-refractivity contribution in [2.75, 3.05) is 0 Å². The number of hydrogen-bond donors (Lipinski definition) is 2. The Hall–Kier alpha value is -1.08. The number of fused-ring (bicyclic) bond motifs is 5.